The number of nitrogens with zero attached hydrogens (tertiary/aromatic N) is 1. The van der Waals surface area contributed by atoms with Crippen LogP contribution in [0.2, 0.25) is 5.02 Å². The Morgan fingerprint density at radius 2 is 2.14 bits per heavy atom. The lowest BCUT2D eigenvalue weighted by molar-refractivity contribution is -0.385. The summed E-state index contributed by atoms with van der Waals surface area (Å²) >= 11 is 5.65. The summed E-state index contributed by atoms with van der Waals surface area (Å²) < 4.78 is 18.8. The molecule has 7 heteroatoms. The second-order valence-corrected chi connectivity index (χ2v) is 4.68. The van der Waals surface area contributed by atoms with Crippen molar-refractivity contribution < 1.29 is 14.1 Å². The predicted octanol–water partition coefficient (Wildman–Crippen LogP) is 3.90. The Morgan fingerprint density at radius 3 is 2.81 bits per heavy atom. The molecule has 0 fully saturated rings. The van der Waals surface area contributed by atoms with Gasteiger partial charge in [-0.3, -0.25) is 10.1 Å². The highest BCUT2D eigenvalue weighted by Crippen LogP contribution is 2.35. The highest BCUT2D eigenvalue weighted by Gasteiger charge is 2.20. The van der Waals surface area contributed by atoms with Crippen LogP contribution in [0, 0.1) is 15.9 Å². The van der Waals surface area contributed by atoms with Crippen LogP contribution in [-0.4, -0.2) is 12.0 Å². The zero-order valence-corrected chi connectivity index (χ0v) is 11.9. The quantitative estimate of drug-likeness (QED) is 0.672. The fourth-order valence-corrected chi connectivity index (χ4v) is 1.95. The molecule has 1 N–H and O–H groups in total. The molecule has 0 heterocycles. The van der Waals surface area contributed by atoms with E-state index in [1.807, 2.05) is 6.07 Å². The van der Waals surface area contributed by atoms with Crippen LogP contribution in [0.1, 0.15) is 5.56 Å². The Kier molecular flexibility index (Phi) is 4.72. The Balaban J connectivity index is 2.36. The first-order valence-corrected chi connectivity index (χ1v) is 6.44. The molecule has 0 aliphatic carbocycles. The number of hydrogen-bond donors (Lipinski definition) is 1. The van der Waals surface area contributed by atoms with Crippen molar-refractivity contribution in [2.75, 3.05) is 7.05 Å². The van der Waals surface area contributed by atoms with Gasteiger partial charge < -0.3 is 10.1 Å². The first-order chi connectivity index (χ1) is 10.0. The topological polar surface area (TPSA) is 64.4 Å². The third kappa shape index (κ3) is 3.68. The molecule has 0 atom stereocenters. The average molecular weight is 311 g/mol. The molecule has 0 spiro atoms. The molecule has 0 unspecified atom stereocenters. The first-order valence-electron chi connectivity index (χ1n) is 6.06. The van der Waals surface area contributed by atoms with Gasteiger partial charge >= 0.3 is 5.69 Å². The number of benzene rings is 2. The number of ether oxygens (including phenoxy) is 1. The first kappa shape index (κ1) is 15.2. The summed E-state index contributed by atoms with van der Waals surface area (Å²) in [7, 11) is 1.80. The van der Waals surface area contributed by atoms with Crippen LogP contribution in [0.25, 0.3) is 0 Å². The van der Waals surface area contributed by atoms with E-state index in [9.17, 15) is 14.5 Å². The molecule has 2 aromatic carbocycles. The lowest BCUT2D eigenvalue weighted by Crippen LogP contribution is -2.04. The molecule has 0 saturated heterocycles. The smallest absolute Gasteiger partial charge is 0.314 e. The molecule has 0 saturated carbocycles. The normalized spacial score (nSPS) is 10.4. The van der Waals surface area contributed by atoms with Crippen LogP contribution in [0.4, 0.5) is 10.1 Å². The molecule has 0 aromatic heterocycles. The van der Waals surface area contributed by atoms with E-state index in [2.05, 4.69) is 5.32 Å². The van der Waals surface area contributed by atoms with E-state index in [1.165, 1.54) is 0 Å². The van der Waals surface area contributed by atoms with Crippen LogP contribution in [0.3, 0.4) is 0 Å². The molecule has 110 valence electrons. The zero-order valence-electron chi connectivity index (χ0n) is 11.1. The van der Waals surface area contributed by atoms with Crippen LogP contribution in [0.5, 0.6) is 11.5 Å². The molecule has 0 aliphatic heterocycles. The molecule has 2 rings (SSSR count). The number of nitro benzene ring substituents is 1. The summed E-state index contributed by atoms with van der Waals surface area (Å²) in [6, 6.07) is 8.88. The van der Waals surface area contributed by atoms with Crippen molar-refractivity contribution in [2.24, 2.45) is 0 Å². The van der Waals surface area contributed by atoms with Crippen molar-refractivity contribution in [3.05, 3.63) is 62.9 Å². The highest BCUT2D eigenvalue weighted by atomic mass is 35.5. The van der Waals surface area contributed by atoms with Gasteiger partial charge in [-0.1, -0.05) is 23.7 Å². The molecule has 0 radical (unpaired) electrons. The predicted molar refractivity (Wildman–Crippen MR) is 77.3 cm³/mol. The lowest BCUT2D eigenvalue weighted by Gasteiger charge is -2.09. The Bertz CT molecular complexity index is 679. The van der Waals surface area contributed by atoms with Gasteiger partial charge in [0.15, 0.2) is 0 Å². The number of halogens is 2. The molecule has 0 amide bonds. The summed E-state index contributed by atoms with van der Waals surface area (Å²) in [6.45, 7) is 0.628. The molecule has 5 nitrogen and oxygen atoms in total. The maximum Gasteiger partial charge on any atom is 0.314 e. The van der Waals surface area contributed by atoms with Gasteiger partial charge in [-0.25, -0.2) is 4.39 Å². The second-order valence-electron chi connectivity index (χ2n) is 4.27. The number of nitro groups is 1. The SMILES string of the molecule is CNCc1cccc(Oc2cc(Cl)c(F)cc2[N+](=O)[O-])c1. The van der Waals surface area contributed by atoms with Crippen molar-refractivity contribution >= 4 is 17.3 Å². The van der Waals surface area contributed by atoms with E-state index in [4.69, 9.17) is 16.3 Å². The third-order valence-electron chi connectivity index (χ3n) is 2.71. The van der Waals surface area contributed by atoms with E-state index in [1.54, 1.807) is 25.2 Å². The van der Waals surface area contributed by atoms with Crippen LogP contribution >= 0.6 is 11.6 Å². The maximum absolute atomic E-state index is 13.3. The van der Waals surface area contributed by atoms with E-state index in [0.29, 0.717) is 12.3 Å². The Labute approximate surface area is 125 Å². The third-order valence-corrected chi connectivity index (χ3v) is 3.00. The monoisotopic (exact) mass is 310 g/mol. The molecular formula is C14H12ClFN2O3. The lowest BCUT2D eigenvalue weighted by atomic mass is 10.2. The summed E-state index contributed by atoms with van der Waals surface area (Å²) in [6.07, 6.45) is 0. The summed E-state index contributed by atoms with van der Waals surface area (Å²) in [5.41, 5.74) is 0.474. The van der Waals surface area contributed by atoms with Gasteiger partial charge in [-0.05, 0) is 24.7 Å². The van der Waals surface area contributed by atoms with Crippen molar-refractivity contribution in [3.63, 3.8) is 0 Å². The van der Waals surface area contributed by atoms with Gasteiger partial charge in [-0.2, -0.15) is 0 Å². The Morgan fingerprint density at radius 1 is 1.38 bits per heavy atom. The average Bonchev–Trinajstić information content (AvgIpc) is 2.43. The minimum Gasteiger partial charge on any atom is -0.450 e. The number of hydrogen-bond acceptors (Lipinski definition) is 4. The molecular weight excluding hydrogens is 299 g/mol. The van der Waals surface area contributed by atoms with Gasteiger partial charge in [0, 0.05) is 12.6 Å². The van der Waals surface area contributed by atoms with Gasteiger partial charge in [-0.15, -0.1) is 0 Å². The van der Waals surface area contributed by atoms with Gasteiger partial charge in [0.2, 0.25) is 5.75 Å². The van der Waals surface area contributed by atoms with Crippen molar-refractivity contribution in [1.29, 1.82) is 0 Å². The molecule has 0 bridgehead atoms. The number of nitrogens with one attached hydrogen (secondary N) is 1. The van der Waals surface area contributed by atoms with Gasteiger partial charge in [0.05, 0.1) is 16.0 Å². The Hall–Kier alpha value is -2.18. The summed E-state index contributed by atoms with van der Waals surface area (Å²) in [5.74, 6) is -0.554. The minimum atomic E-state index is -0.861. The van der Waals surface area contributed by atoms with Crippen LogP contribution in [0.15, 0.2) is 36.4 Å². The van der Waals surface area contributed by atoms with Crippen molar-refractivity contribution in [1.82, 2.24) is 5.32 Å². The van der Waals surface area contributed by atoms with Gasteiger partial charge in [0.1, 0.15) is 11.6 Å². The molecule has 2 aromatic rings. The van der Waals surface area contributed by atoms with Crippen LogP contribution in [-0.2, 0) is 6.54 Å². The van der Waals surface area contributed by atoms with Gasteiger partial charge in [0.25, 0.3) is 0 Å². The standard InChI is InChI=1S/C14H12ClFN2O3/c1-17-8-9-3-2-4-10(5-9)21-14-6-11(15)12(16)7-13(14)18(19)20/h2-7,17H,8H2,1H3. The molecule has 0 aliphatic rings. The van der Waals surface area contributed by atoms with E-state index >= 15 is 0 Å². The maximum atomic E-state index is 13.3. The fraction of sp³-hybridized carbons (Fsp3) is 0.143. The van der Waals surface area contributed by atoms with Crippen LogP contribution < -0.4 is 10.1 Å². The second kappa shape index (κ2) is 6.51. The molecule has 21 heavy (non-hydrogen) atoms. The minimum absolute atomic E-state index is 0.104. The fourth-order valence-electron chi connectivity index (χ4n) is 1.79. The van der Waals surface area contributed by atoms with E-state index in [0.717, 1.165) is 17.7 Å². The number of rotatable bonds is 5. The van der Waals surface area contributed by atoms with Crippen molar-refractivity contribution in [3.8, 4) is 11.5 Å². The largest absolute Gasteiger partial charge is 0.450 e. The highest BCUT2D eigenvalue weighted by molar-refractivity contribution is 6.31. The summed E-state index contributed by atoms with van der Waals surface area (Å²) in [5, 5.41) is 13.7. The zero-order chi connectivity index (χ0) is 15.4. The van der Waals surface area contributed by atoms with Crippen molar-refractivity contribution in [2.45, 2.75) is 6.54 Å². The van der Waals surface area contributed by atoms with E-state index < -0.39 is 16.4 Å². The van der Waals surface area contributed by atoms with E-state index in [-0.39, 0.29) is 10.8 Å². The summed E-state index contributed by atoms with van der Waals surface area (Å²) in [4.78, 5) is 10.2.